The lowest BCUT2D eigenvalue weighted by Crippen LogP contribution is -2.43. The number of hydrogen-bond acceptors (Lipinski definition) is 4. The number of nitrogens with one attached hydrogen (secondary N) is 1. The zero-order valence-corrected chi connectivity index (χ0v) is 11.6. The van der Waals surface area contributed by atoms with Crippen molar-refractivity contribution in [2.45, 2.75) is 12.5 Å². The molecule has 4 heterocycles. The molecule has 0 radical (unpaired) electrons. The maximum absolute atomic E-state index is 12.4. The molecular weight excluding hydrogens is 278 g/mol. The lowest BCUT2D eigenvalue weighted by Gasteiger charge is -2.22. The summed E-state index contributed by atoms with van der Waals surface area (Å²) in [7, 11) is 0. The summed E-state index contributed by atoms with van der Waals surface area (Å²) in [6.07, 6.45) is 4.19. The van der Waals surface area contributed by atoms with Gasteiger partial charge in [0.2, 0.25) is 0 Å². The first-order valence-electron chi connectivity index (χ1n) is 6.77. The summed E-state index contributed by atoms with van der Waals surface area (Å²) in [5.74, 6) is 0.388. The molecule has 104 valence electrons. The highest BCUT2D eigenvalue weighted by atomic mass is 35.5. The van der Waals surface area contributed by atoms with Crippen LogP contribution in [-0.4, -0.2) is 41.5 Å². The van der Waals surface area contributed by atoms with E-state index in [0.717, 1.165) is 31.4 Å². The number of aromatic nitrogens is 1. The summed E-state index contributed by atoms with van der Waals surface area (Å²) >= 11 is 6.01. The highest BCUT2D eigenvalue weighted by molar-refractivity contribution is 6.35. The number of halogens is 1. The molecule has 4 rings (SSSR count). The molecule has 5 nitrogen and oxygen atoms in total. The Balaban J connectivity index is 1.61. The topological polar surface area (TPSA) is 58.4 Å². The Morgan fingerprint density at radius 2 is 2.40 bits per heavy atom. The lowest BCUT2D eigenvalue weighted by atomic mass is 10.00. The number of furan rings is 1. The van der Waals surface area contributed by atoms with E-state index in [1.807, 2.05) is 0 Å². The molecule has 2 fully saturated rings. The highest BCUT2D eigenvalue weighted by Gasteiger charge is 2.39. The zero-order valence-electron chi connectivity index (χ0n) is 10.8. The Bertz CT molecular complexity index is 684. The monoisotopic (exact) mass is 291 g/mol. The van der Waals surface area contributed by atoms with Gasteiger partial charge in [0.25, 0.3) is 5.91 Å². The minimum absolute atomic E-state index is 0.180. The van der Waals surface area contributed by atoms with Gasteiger partial charge >= 0.3 is 0 Å². The molecule has 0 aromatic carbocycles. The van der Waals surface area contributed by atoms with E-state index in [4.69, 9.17) is 16.0 Å². The number of piperidine rings is 1. The average molecular weight is 292 g/mol. The molecule has 2 aromatic rings. The Morgan fingerprint density at radius 1 is 1.50 bits per heavy atom. The Labute approximate surface area is 120 Å². The molecule has 0 saturated carbocycles. The van der Waals surface area contributed by atoms with E-state index < -0.39 is 0 Å². The van der Waals surface area contributed by atoms with Crippen LogP contribution >= 0.6 is 11.6 Å². The van der Waals surface area contributed by atoms with Crippen molar-refractivity contribution in [3.63, 3.8) is 0 Å². The van der Waals surface area contributed by atoms with Crippen LogP contribution in [0.5, 0.6) is 0 Å². The summed E-state index contributed by atoms with van der Waals surface area (Å²) < 4.78 is 5.36. The molecule has 1 amide bonds. The van der Waals surface area contributed by atoms with E-state index in [1.54, 1.807) is 12.3 Å². The van der Waals surface area contributed by atoms with E-state index in [2.05, 4.69) is 15.2 Å². The third-order valence-electron chi connectivity index (χ3n) is 4.31. The van der Waals surface area contributed by atoms with Gasteiger partial charge in [-0.05, 0) is 24.9 Å². The van der Waals surface area contributed by atoms with Crippen LogP contribution in [0.2, 0.25) is 5.02 Å². The van der Waals surface area contributed by atoms with Crippen LogP contribution in [0, 0.1) is 5.92 Å². The average Bonchev–Trinajstić information content (AvgIpc) is 3.14. The van der Waals surface area contributed by atoms with Gasteiger partial charge in [0.1, 0.15) is 6.26 Å². The largest absolute Gasteiger partial charge is 0.460 e. The standard InChI is InChI=1S/C14H14ClN3O2/c15-10-7-20-13-9(10)1-3-16-12(13)14(19)17-11-6-18-4-2-8(11)5-18/h1,3,7-8,11H,2,4-6H2,(H,17,19)/t8-,11?/m0/s1. The summed E-state index contributed by atoms with van der Waals surface area (Å²) in [5.41, 5.74) is 0.769. The molecule has 2 aliphatic heterocycles. The van der Waals surface area contributed by atoms with Crippen LogP contribution < -0.4 is 5.32 Å². The van der Waals surface area contributed by atoms with Gasteiger partial charge in [-0.1, -0.05) is 11.6 Å². The quantitative estimate of drug-likeness (QED) is 0.918. The number of amides is 1. The molecular formula is C14H14ClN3O2. The molecule has 2 aliphatic rings. The fourth-order valence-electron chi connectivity index (χ4n) is 3.28. The zero-order chi connectivity index (χ0) is 13.7. The van der Waals surface area contributed by atoms with Crippen molar-refractivity contribution in [1.29, 1.82) is 0 Å². The van der Waals surface area contributed by atoms with Crippen molar-refractivity contribution in [2.75, 3.05) is 19.6 Å². The van der Waals surface area contributed by atoms with Gasteiger partial charge in [-0.15, -0.1) is 0 Å². The van der Waals surface area contributed by atoms with E-state index in [0.29, 0.717) is 22.2 Å². The highest BCUT2D eigenvalue weighted by Crippen LogP contribution is 2.29. The van der Waals surface area contributed by atoms with Gasteiger partial charge in [-0.3, -0.25) is 4.79 Å². The van der Waals surface area contributed by atoms with Crippen LogP contribution in [0.1, 0.15) is 16.9 Å². The maximum Gasteiger partial charge on any atom is 0.274 e. The minimum atomic E-state index is -0.180. The molecule has 3 atom stereocenters. The smallest absolute Gasteiger partial charge is 0.274 e. The molecule has 1 N–H and O–H groups in total. The predicted molar refractivity (Wildman–Crippen MR) is 74.8 cm³/mol. The van der Waals surface area contributed by atoms with Crippen molar-refractivity contribution in [3.8, 4) is 0 Å². The molecule has 2 saturated heterocycles. The van der Waals surface area contributed by atoms with Gasteiger partial charge in [0.05, 0.1) is 5.02 Å². The van der Waals surface area contributed by atoms with Crippen LogP contribution in [0.4, 0.5) is 0 Å². The number of nitrogens with zero attached hydrogens (tertiary/aromatic N) is 2. The van der Waals surface area contributed by atoms with Crippen LogP contribution in [-0.2, 0) is 0 Å². The minimum Gasteiger partial charge on any atom is -0.460 e. The molecule has 20 heavy (non-hydrogen) atoms. The van der Waals surface area contributed by atoms with Gasteiger partial charge in [0, 0.05) is 30.7 Å². The fraction of sp³-hybridized carbons (Fsp3) is 0.429. The van der Waals surface area contributed by atoms with Crippen molar-refractivity contribution in [2.24, 2.45) is 5.92 Å². The molecule has 0 spiro atoms. The third kappa shape index (κ3) is 1.81. The number of fused-ring (bicyclic) bond motifs is 3. The van der Waals surface area contributed by atoms with Crippen LogP contribution in [0.15, 0.2) is 22.9 Å². The van der Waals surface area contributed by atoms with E-state index in [-0.39, 0.29) is 11.9 Å². The molecule has 2 bridgehead atoms. The molecule has 2 aromatic heterocycles. The first-order valence-corrected chi connectivity index (χ1v) is 7.15. The first-order chi connectivity index (χ1) is 9.72. The second-order valence-corrected chi connectivity index (χ2v) is 5.92. The summed E-state index contributed by atoms with van der Waals surface area (Å²) in [4.78, 5) is 18.9. The third-order valence-corrected chi connectivity index (χ3v) is 4.60. The van der Waals surface area contributed by atoms with Crippen molar-refractivity contribution >= 4 is 28.5 Å². The predicted octanol–water partition coefficient (Wildman–Crippen LogP) is 1.92. The van der Waals surface area contributed by atoms with Crippen LogP contribution in [0.3, 0.4) is 0 Å². The van der Waals surface area contributed by atoms with E-state index in [9.17, 15) is 4.79 Å². The van der Waals surface area contributed by atoms with Crippen molar-refractivity contribution < 1.29 is 9.21 Å². The van der Waals surface area contributed by atoms with Crippen molar-refractivity contribution in [1.82, 2.24) is 15.2 Å². The number of hydrogen-bond donors (Lipinski definition) is 1. The SMILES string of the molecule is O=C(NC1CN2CC[C@H]1C2)c1nccc2c(Cl)coc12. The van der Waals surface area contributed by atoms with E-state index >= 15 is 0 Å². The summed E-state index contributed by atoms with van der Waals surface area (Å²) in [6, 6.07) is 1.97. The molecule has 6 heteroatoms. The number of rotatable bonds is 2. The second-order valence-electron chi connectivity index (χ2n) is 5.51. The molecule has 0 aliphatic carbocycles. The Kier molecular flexibility index (Phi) is 2.72. The van der Waals surface area contributed by atoms with Gasteiger partial charge in [-0.25, -0.2) is 4.98 Å². The van der Waals surface area contributed by atoms with Gasteiger partial charge in [-0.2, -0.15) is 0 Å². The normalized spacial score (nSPS) is 28.1. The van der Waals surface area contributed by atoms with Crippen LogP contribution in [0.25, 0.3) is 11.0 Å². The first kappa shape index (κ1) is 12.2. The lowest BCUT2D eigenvalue weighted by molar-refractivity contribution is 0.0920. The summed E-state index contributed by atoms with van der Waals surface area (Å²) in [6.45, 7) is 3.18. The Morgan fingerprint density at radius 3 is 3.15 bits per heavy atom. The Hall–Kier alpha value is -1.59. The number of carbonyl (C=O) groups is 1. The number of carbonyl (C=O) groups excluding carboxylic acids is 1. The second kappa shape index (κ2) is 4.46. The fourth-order valence-corrected chi connectivity index (χ4v) is 3.47. The van der Waals surface area contributed by atoms with Crippen molar-refractivity contribution in [3.05, 3.63) is 29.2 Å². The summed E-state index contributed by atoms with van der Waals surface area (Å²) in [5, 5.41) is 4.31. The molecule has 2 unspecified atom stereocenters. The van der Waals surface area contributed by atoms with E-state index in [1.165, 1.54) is 6.26 Å². The van der Waals surface area contributed by atoms with Gasteiger partial charge in [0.15, 0.2) is 11.3 Å². The van der Waals surface area contributed by atoms with Gasteiger partial charge < -0.3 is 14.6 Å². The number of pyridine rings is 1. The maximum atomic E-state index is 12.4.